The molecule has 7 aromatic rings. The number of hydrogen-bond donors (Lipinski definition) is 0. The third-order valence-electron chi connectivity index (χ3n) is 6.53. The van der Waals surface area contributed by atoms with Gasteiger partial charge < -0.3 is 4.40 Å². The smallest absolute Gasteiger partial charge is 0.0991 e. The lowest BCUT2D eigenvalue weighted by molar-refractivity contribution is 1.37. The summed E-state index contributed by atoms with van der Waals surface area (Å²) in [5, 5.41) is 16.9. The Morgan fingerprint density at radius 3 is 2.13 bits per heavy atom. The molecule has 0 aliphatic carbocycles. The molecule has 2 aromatic heterocycles. The first kappa shape index (κ1) is 16.4. The van der Waals surface area contributed by atoms with Crippen LogP contribution in [0.25, 0.3) is 60.0 Å². The molecule has 0 aliphatic rings. The molecule has 31 heavy (non-hydrogen) atoms. The zero-order chi connectivity index (χ0) is 20.5. The predicted octanol–water partition coefficient (Wildman–Crippen LogP) is 7.53. The molecule has 0 atom stereocenters. The standard InChI is InChI=1S/C29H16N2/c30-17-18-9-11-19(12-10-18)20-13-14-27-25(15-20)28-22-6-2-1-5-21(22)16-24-23-7-3-4-8-26(23)31(27)29(24)28/h1-16H. The maximum Gasteiger partial charge on any atom is 0.0991 e. The van der Waals surface area contributed by atoms with Crippen molar-refractivity contribution in [3.63, 3.8) is 0 Å². The highest BCUT2D eigenvalue weighted by Crippen LogP contribution is 2.43. The maximum atomic E-state index is 9.12. The fourth-order valence-electron chi connectivity index (χ4n) is 5.16. The molecule has 0 fully saturated rings. The molecular weight excluding hydrogens is 376 g/mol. The van der Waals surface area contributed by atoms with Crippen LogP contribution in [0.5, 0.6) is 0 Å². The van der Waals surface area contributed by atoms with Crippen LogP contribution in [-0.2, 0) is 0 Å². The number of benzene rings is 5. The number of rotatable bonds is 1. The van der Waals surface area contributed by atoms with Gasteiger partial charge in [-0.2, -0.15) is 5.26 Å². The lowest BCUT2D eigenvalue weighted by Crippen LogP contribution is -1.82. The Balaban J connectivity index is 1.69. The average molecular weight is 392 g/mol. The first-order chi connectivity index (χ1) is 15.3. The Morgan fingerprint density at radius 1 is 0.581 bits per heavy atom. The van der Waals surface area contributed by atoms with Gasteiger partial charge >= 0.3 is 0 Å². The summed E-state index contributed by atoms with van der Waals surface area (Å²) in [5.41, 5.74) is 6.75. The van der Waals surface area contributed by atoms with Gasteiger partial charge in [-0.05, 0) is 58.3 Å². The molecule has 0 bridgehead atoms. The number of hydrogen-bond acceptors (Lipinski definition) is 1. The molecule has 142 valence electrons. The van der Waals surface area contributed by atoms with Crippen LogP contribution < -0.4 is 0 Å². The van der Waals surface area contributed by atoms with Crippen molar-refractivity contribution >= 4 is 48.9 Å². The van der Waals surface area contributed by atoms with Crippen molar-refractivity contribution in [3.8, 4) is 17.2 Å². The molecule has 0 saturated carbocycles. The maximum absolute atomic E-state index is 9.12. The third-order valence-corrected chi connectivity index (χ3v) is 6.53. The predicted molar refractivity (Wildman–Crippen MR) is 129 cm³/mol. The van der Waals surface area contributed by atoms with E-state index in [0.29, 0.717) is 5.56 Å². The van der Waals surface area contributed by atoms with Gasteiger partial charge in [0, 0.05) is 21.5 Å². The van der Waals surface area contributed by atoms with E-state index in [0.717, 1.165) is 5.56 Å². The zero-order valence-corrected chi connectivity index (χ0v) is 16.6. The van der Waals surface area contributed by atoms with Gasteiger partial charge in [-0.3, -0.25) is 0 Å². The van der Waals surface area contributed by atoms with Crippen LogP contribution >= 0.6 is 0 Å². The minimum Gasteiger partial charge on any atom is -0.308 e. The average Bonchev–Trinajstić information content (AvgIpc) is 3.35. The Labute approximate surface area is 178 Å². The molecule has 0 unspecified atom stereocenters. The molecule has 0 saturated heterocycles. The lowest BCUT2D eigenvalue weighted by atomic mass is 9.98. The Kier molecular flexibility index (Phi) is 3.10. The molecule has 2 nitrogen and oxygen atoms in total. The SMILES string of the molecule is N#Cc1ccc(-c2ccc3c(c2)c2c4ccccc4cc4c5ccccc5n3c42)cc1. The number of fused-ring (bicyclic) bond motifs is 8. The van der Waals surface area contributed by atoms with Crippen LogP contribution in [0.1, 0.15) is 5.56 Å². The van der Waals surface area contributed by atoms with Gasteiger partial charge in [-0.25, -0.2) is 0 Å². The van der Waals surface area contributed by atoms with Crippen LogP contribution in [-0.4, -0.2) is 4.40 Å². The second kappa shape index (κ2) is 5.84. The summed E-state index contributed by atoms with van der Waals surface area (Å²) in [4.78, 5) is 0. The summed E-state index contributed by atoms with van der Waals surface area (Å²) >= 11 is 0. The number of nitrogens with zero attached hydrogens (tertiary/aromatic N) is 2. The molecule has 2 heteroatoms. The third kappa shape index (κ3) is 2.10. The van der Waals surface area contributed by atoms with E-state index in [9.17, 15) is 0 Å². The van der Waals surface area contributed by atoms with Crippen LogP contribution in [0.4, 0.5) is 0 Å². The zero-order valence-electron chi connectivity index (χ0n) is 16.6. The summed E-state index contributed by atoms with van der Waals surface area (Å²) in [7, 11) is 0. The monoisotopic (exact) mass is 392 g/mol. The molecule has 0 radical (unpaired) electrons. The fourth-order valence-corrected chi connectivity index (χ4v) is 5.16. The van der Waals surface area contributed by atoms with Crippen molar-refractivity contribution in [1.29, 1.82) is 5.26 Å². The van der Waals surface area contributed by atoms with Crippen LogP contribution in [0, 0.1) is 11.3 Å². The Bertz CT molecular complexity index is 1830. The van der Waals surface area contributed by atoms with Crippen molar-refractivity contribution < 1.29 is 0 Å². The first-order valence-electron chi connectivity index (χ1n) is 10.4. The van der Waals surface area contributed by atoms with Gasteiger partial charge in [-0.15, -0.1) is 0 Å². The summed E-state index contributed by atoms with van der Waals surface area (Å²) < 4.78 is 2.42. The Hall–Kier alpha value is -4.35. The molecule has 0 amide bonds. The quantitative estimate of drug-likeness (QED) is 0.284. The summed E-state index contributed by atoms with van der Waals surface area (Å²) in [6, 6.07) is 36.5. The second-order valence-corrected chi connectivity index (χ2v) is 8.14. The molecule has 2 heterocycles. The Morgan fingerprint density at radius 2 is 1.29 bits per heavy atom. The van der Waals surface area contributed by atoms with E-state index in [1.165, 1.54) is 54.4 Å². The molecule has 0 spiro atoms. The summed E-state index contributed by atoms with van der Waals surface area (Å²) in [5.74, 6) is 0. The topological polar surface area (TPSA) is 28.2 Å². The van der Waals surface area contributed by atoms with Crippen LogP contribution in [0.15, 0.2) is 97.1 Å². The minimum atomic E-state index is 0.683. The van der Waals surface area contributed by atoms with Gasteiger partial charge in [-0.1, -0.05) is 60.7 Å². The van der Waals surface area contributed by atoms with Gasteiger partial charge in [0.1, 0.15) is 0 Å². The molecule has 0 aliphatic heterocycles. The van der Waals surface area contributed by atoms with Crippen molar-refractivity contribution in [2.24, 2.45) is 0 Å². The normalized spacial score (nSPS) is 11.8. The number of nitriles is 1. The molecule has 7 rings (SSSR count). The van der Waals surface area contributed by atoms with E-state index in [4.69, 9.17) is 5.26 Å². The lowest BCUT2D eigenvalue weighted by Gasteiger charge is -2.05. The van der Waals surface area contributed by atoms with Crippen LogP contribution in [0.2, 0.25) is 0 Å². The van der Waals surface area contributed by atoms with E-state index in [-0.39, 0.29) is 0 Å². The molecule has 0 N–H and O–H groups in total. The van der Waals surface area contributed by atoms with Gasteiger partial charge in [0.25, 0.3) is 0 Å². The van der Waals surface area contributed by atoms with Crippen molar-refractivity contribution in [1.82, 2.24) is 4.40 Å². The van der Waals surface area contributed by atoms with Gasteiger partial charge in [0.2, 0.25) is 0 Å². The number of aromatic nitrogens is 1. The van der Waals surface area contributed by atoms with Crippen LogP contribution in [0.3, 0.4) is 0 Å². The van der Waals surface area contributed by atoms with E-state index < -0.39 is 0 Å². The van der Waals surface area contributed by atoms with E-state index >= 15 is 0 Å². The van der Waals surface area contributed by atoms with Crippen molar-refractivity contribution in [3.05, 3.63) is 103 Å². The summed E-state index contributed by atoms with van der Waals surface area (Å²) in [6.07, 6.45) is 0. The number of para-hydroxylation sites is 1. The highest BCUT2D eigenvalue weighted by atomic mass is 14.9. The van der Waals surface area contributed by atoms with Gasteiger partial charge in [0.05, 0.1) is 28.2 Å². The highest BCUT2D eigenvalue weighted by Gasteiger charge is 2.19. The molecule has 5 aromatic carbocycles. The summed E-state index contributed by atoms with van der Waals surface area (Å²) in [6.45, 7) is 0. The minimum absolute atomic E-state index is 0.683. The van der Waals surface area contributed by atoms with Gasteiger partial charge in [0.15, 0.2) is 0 Å². The molecular formula is C29H16N2. The van der Waals surface area contributed by atoms with E-state index in [1.54, 1.807) is 0 Å². The van der Waals surface area contributed by atoms with Crippen molar-refractivity contribution in [2.45, 2.75) is 0 Å². The second-order valence-electron chi connectivity index (χ2n) is 8.14. The fraction of sp³-hybridized carbons (Fsp3) is 0. The largest absolute Gasteiger partial charge is 0.308 e. The van der Waals surface area contributed by atoms with E-state index in [2.05, 4.69) is 83.3 Å². The highest BCUT2D eigenvalue weighted by molar-refractivity contribution is 6.31. The van der Waals surface area contributed by atoms with Crippen molar-refractivity contribution in [2.75, 3.05) is 0 Å². The first-order valence-corrected chi connectivity index (χ1v) is 10.4. The van der Waals surface area contributed by atoms with E-state index in [1.807, 2.05) is 24.3 Å².